The smallest absolute Gasteiger partial charge is 0.306 e. The number of rotatable bonds is 63. The Hall–Kier alpha value is -1.15. The summed E-state index contributed by atoms with van der Waals surface area (Å²) in [6.45, 7) is 21.4. The van der Waals surface area contributed by atoms with Crippen LogP contribution < -0.4 is 0 Å². The highest BCUT2D eigenvalue weighted by Gasteiger charge is 2.15. The van der Waals surface area contributed by atoms with Crippen molar-refractivity contribution in [3.8, 4) is 0 Å². The van der Waals surface area contributed by atoms with Gasteiger partial charge >= 0.3 is 5.97 Å². The lowest BCUT2D eigenvalue weighted by molar-refractivity contribution is -0.150. The van der Waals surface area contributed by atoms with Crippen molar-refractivity contribution in [3.63, 3.8) is 0 Å². The molecule has 0 rings (SSSR count). The maximum absolute atomic E-state index is 12.9. The highest BCUT2D eigenvalue weighted by molar-refractivity contribution is 5.69. The SMILES string of the molecule is C=C(CCCCCCCOC(CCCCOCCCCCOCCC)COCCCCCCCC(=O)OC(CCCCCCCC)CCCCCCCC)OC(CCCCCCCC)CCCCCCCC. The summed E-state index contributed by atoms with van der Waals surface area (Å²) in [4.78, 5) is 12.9. The summed E-state index contributed by atoms with van der Waals surface area (Å²) in [7, 11) is 0. The molecule has 72 heavy (non-hydrogen) atoms. The van der Waals surface area contributed by atoms with E-state index in [2.05, 4.69) is 41.2 Å². The second-order valence-corrected chi connectivity index (χ2v) is 22.0. The summed E-state index contributed by atoms with van der Waals surface area (Å²) >= 11 is 0. The molecular formula is C65H128O7. The van der Waals surface area contributed by atoms with Crippen LogP contribution >= 0.6 is 0 Å². The molecule has 0 spiro atoms. The van der Waals surface area contributed by atoms with Gasteiger partial charge in [0.15, 0.2) is 0 Å². The highest BCUT2D eigenvalue weighted by atomic mass is 16.5. The van der Waals surface area contributed by atoms with Crippen LogP contribution in [0.5, 0.6) is 0 Å². The molecule has 1 atom stereocenters. The van der Waals surface area contributed by atoms with Crippen LogP contribution in [0, 0.1) is 0 Å². The van der Waals surface area contributed by atoms with Crippen LogP contribution in [0.25, 0.3) is 0 Å². The zero-order chi connectivity index (χ0) is 52.3. The Balaban J connectivity index is 4.60. The molecule has 0 aromatic carbocycles. The number of unbranched alkanes of at least 4 members (excludes halogenated alkanes) is 31. The van der Waals surface area contributed by atoms with Crippen molar-refractivity contribution in [3.05, 3.63) is 12.3 Å². The number of allylic oxidation sites excluding steroid dienone is 1. The van der Waals surface area contributed by atoms with E-state index in [1.807, 2.05) is 0 Å². The van der Waals surface area contributed by atoms with Gasteiger partial charge in [-0.2, -0.15) is 0 Å². The quantitative estimate of drug-likeness (QED) is 0.0341. The van der Waals surface area contributed by atoms with E-state index in [-0.39, 0.29) is 18.2 Å². The van der Waals surface area contributed by atoms with E-state index in [0.717, 1.165) is 148 Å². The Morgan fingerprint density at radius 3 is 1.10 bits per heavy atom. The normalized spacial score (nSPS) is 12.2. The molecule has 0 amide bonds. The highest BCUT2D eigenvalue weighted by Crippen LogP contribution is 2.22. The van der Waals surface area contributed by atoms with Gasteiger partial charge in [0.05, 0.1) is 24.6 Å². The molecule has 0 fully saturated rings. The van der Waals surface area contributed by atoms with Crippen LogP contribution in [0.2, 0.25) is 0 Å². The van der Waals surface area contributed by atoms with E-state index < -0.39 is 0 Å². The van der Waals surface area contributed by atoms with Crippen molar-refractivity contribution in [2.75, 3.05) is 46.2 Å². The van der Waals surface area contributed by atoms with Gasteiger partial charge in [-0.1, -0.05) is 208 Å². The first-order chi connectivity index (χ1) is 35.5. The largest absolute Gasteiger partial charge is 0.495 e. The molecule has 0 aromatic heterocycles. The van der Waals surface area contributed by atoms with Gasteiger partial charge in [0.25, 0.3) is 0 Å². The van der Waals surface area contributed by atoms with Crippen LogP contribution in [-0.2, 0) is 33.2 Å². The lowest BCUT2D eigenvalue weighted by atomic mass is 10.0. The molecule has 7 nitrogen and oxygen atoms in total. The Morgan fingerprint density at radius 2 is 0.625 bits per heavy atom. The lowest BCUT2D eigenvalue weighted by Crippen LogP contribution is -2.21. The molecule has 430 valence electrons. The van der Waals surface area contributed by atoms with E-state index >= 15 is 0 Å². The first-order valence-electron chi connectivity index (χ1n) is 32.4. The number of hydrogen-bond acceptors (Lipinski definition) is 7. The van der Waals surface area contributed by atoms with Gasteiger partial charge in [0, 0.05) is 52.5 Å². The maximum Gasteiger partial charge on any atom is 0.306 e. The van der Waals surface area contributed by atoms with Crippen molar-refractivity contribution in [1.82, 2.24) is 0 Å². The molecule has 1 unspecified atom stereocenters. The Kier molecular flexibility index (Phi) is 59.7. The lowest BCUT2D eigenvalue weighted by Gasteiger charge is -2.21. The summed E-state index contributed by atoms with van der Waals surface area (Å²) in [5.41, 5.74) is 0. The predicted octanol–water partition coefficient (Wildman–Crippen LogP) is 20.7. The van der Waals surface area contributed by atoms with Crippen molar-refractivity contribution < 1.29 is 33.2 Å². The van der Waals surface area contributed by atoms with Crippen molar-refractivity contribution in [1.29, 1.82) is 0 Å². The molecule has 0 saturated heterocycles. The monoisotopic (exact) mass is 1020 g/mol. The topological polar surface area (TPSA) is 72.5 Å². The van der Waals surface area contributed by atoms with Gasteiger partial charge in [0.2, 0.25) is 0 Å². The fourth-order valence-corrected chi connectivity index (χ4v) is 9.82. The van der Waals surface area contributed by atoms with E-state index in [1.54, 1.807) is 0 Å². The van der Waals surface area contributed by atoms with Crippen LogP contribution in [0.3, 0.4) is 0 Å². The fourth-order valence-electron chi connectivity index (χ4n) is 9.82. The van der Waals surface area contributed by atoms with Crippen LogP contribution in [0.4, 0.5) is 0 Å². The van der Waals surface area contributed by atoms with Gasteiger partial charge in [-0.05, 0) is 122 Å². The van der Waals surface area contributed by atoms with Crippen molar-refractivity contribution in [2.45, 2.75) is 355 Å². The Bertz CT molecular complexity index is 1020. The van der Waals surface area contributed by atoms with Crippen LogP contribution in [0.1, 0.15) is 336 Å². The third kappa shape index (κ3) is 55.1. The summed E-state index contributed by atoms with van der Waals surface area (Å²) in [6.07, 6.45) is 57.1. The molecule has 0 aliphatic carbocycles. The molecule has 7 heteroatoms. The number of ether oxygens (including phenoxy) is 6. The van der Waals surface area contributed by atoms with Crippen LogP contribution in [0.15, 0.2) is 12.3 Å². The molecule has 0 aromatic rings. The number of carbonyl (C=O) groups is 1. The standard InChI is InChI=1S/C65H128O7/c1-7-12-16-20-27-36-48-62(49-37-28-21-17-13-8-2)71-61(6)47-35-26-24-33-45-59-70-64(52-41-46-57-68-56-44-34-43-55-67-54-11-5)60-69-58-42-32-25-31-40-53-65(66)72-63(50-38-29-22-18-14-9-3)51-39-30-23-19-15-10-4/h62-64H,6-60H2,1-5H3. The molecule has 0 radical (unpaired) electrons. The number of hydrogen-bond donors (Lipinski definition) is 0. The second kappa shape index (κ2) is 60.7. The number of carbonyl (C=O) groups excluding carboxylic acids is 1. The maximum atomic E-state index is 12.9. The van der Waals surface area contributed by atoms with E-state index in [0.29, 0.717) is 19.1 Å². The molecule has 0 aliphatic heterocycles. The average Bonchev–Trinajstić information content (AvgIpc) is 3.38. The average molecular weight is 1020 g/mol. The Labute approximate surface area is 450 Å². The molecule has 0 heterocycles. The zero-order valence-corrected chi connectivity index (χ0v) is 49.5. The van der Waals surface area contributed by atoms with Gasteiger partial charge < -0.3 is 28.4 Å². The summed E-state index contributed by atoms with van der Waals surface area (Å²) in [5.74, 6) is 1.04. The third-order valence-electron chi connectivity index (χ3n) is 14.6. The Morgan fingerprint density at radius 1 is 0.306 bits per heavy atom. The molecule has 0 aliphatic rings. The summed E-state index contributed by atoms with van der Waals surface area (Å²) in [5, 5.41) is 0. The first-order valence-corrected chi connectivity index (χ1v) is 32.4. The predicted molar refractivity (Wildman–Crippen MR) is 311 cm³/mol. The second-order valence-electron chi connectivity index (χ2n) is 22.0. The van der Waals surface area contributed by atoms with Gasteiger partial charge in [0.1, 0.15) is 6.10 Å². The summed E-state index contributed by atoms with van der Waals surface area (Å²) < 4.78 is 36.9. The molecule has 0 bridgehead atoms. The summed E-state index contributed by atoms with van der Waals surface area (Å²) in [6, 6.07) is 0. The van der Waals surface area contributed by atoms with E-state index in [9.17, 15) is 4.79 Å². The van der Waals surface area contributed by atoms with Crippen molar-refractivity contribution in [2.24, 2.45) is 0 Å². The molecule has 0 saturated carbocycles. The van der Waals surface area contributed by atoms with Crippen LogP contribution in [-0.4, -0.2) is 70.5 Å². The minimum absolute atomic E-state index is 0.0226. The van der Waals surface area contributed by atoms with Gasteiger partial charge in [-0.15, -0.1) is 0 Å². The first kappa shape index (κ1) is 70.8. The van der Waals surface area contributed by atoms with Gasteiger partial charge in [-0.25, -0.2) is 0 Å². The minimum Gasteiger partial charge on any atom is -0.495 e. The zero-order valence-electron chi connectivity index (χ0n) is 49.5. The molecular weight excluding hydrogens is 893 g/mol. The van der Waals surface area contributed by atoms with Crippen molar-refractivity contribution >= 4 is 5.97 Å². The van der Waals surface area contributed by atoms with E-state index in [4.69, 9.17) is 28.4 Å². The minimum atomic E-state index is 0.0226. The van der Waals surface area contributed by atoms with E-state index in [1.165, 1.54) is 193 Å². The third-order valence-corrected chi connectivity index (χ3v) is 14.6. The number of esters is 1. The molecule has 0 N–H and O–H groups in total. The van der Waals surface area contributed by atoms with Gasteiger partial charge in [-0.3, -0.25) is 4.79 Å². The fraction of sp³-hybridized carbons (Fsp3) is 0.954.